The summed E-state index contributed by atoms with van der Waals surface area (Å²) < 4.78 is 0. The zero-order chi connectivity index (χ0) is 16.8. The topological polar surface area (TPSA) is 39.7 Å². The van der Waals surface area contributed by atoms with E-state index in [1.807, 2.05) is 18.4 Å². The van der Waals surface area contributed by atoms with Crippen LogP contribution in [0.15, 0.2) is 16.4 Å². The molecule has 0 aromatic carbocycles. The molecule has 2 heterocycles. The van der Waals surface area contributed by atoms with Crippen LogP contribution >= 0.6 is 23.1 Å². The standard InChI is InChI=1S/C18H30N4S2/c1-15-5-10-24-16(15)13-20-17(19-2)21-14-18(6-3-4-7-18)22-8-11-23-12-9-22/h5,10H,3-4,6-9,11-14H2,1-2H3,(H2,19,20,21). The SMILES string of the molecule is CN=C(NCc1sccc1C)NCC1(N2CCSCC2)CCCC1. The number of rotatable bonds is 5. The molecule has 4 nitrogen and oxygen atoms in total. The molecule has 0 radical (unpaired) electrons. The molecular formula is C18H30N4S2. The third-order valence-corrected chi connectivity index (χ3v) is 7.37. The molecule has 0 bridgehead atoms. The van der Waals surface area contributed by atoms with Gasteiger partial charge in [0.2, 0.25) is 0 Å². The Labute approximate surface area is 154 Å². The van der Waals surface area contributed by atoms with Crippen molar-refractivity contribution in [3.63, 3.8) is 0 Å². The van der Waals surface area contributed by atoms with E-state index in [4.69, 9.17) is 0 Å². The van der Waals surface area contributed by atoms with Gasteiger partial charge in [0.05, 0.1) is 6.54 Å². The molecule has 0 atom stereocenters. The first-order valence-corrected chi connectivity index (χ1v) is 11.1. The number of thiophene rings is 1. The van der Waals surface area contributed by atoms with Crippen LogP contribution in [0.2, 0.25) is 0 Å². The number of hydrogen-bond acceptors (Lipinski definition) is 4. The summed E-state index contributed by atoms with van der Waals surface area (Å²) in [7, 11) is 1.87. The lowest BCUT2D eigenvalue weighted by Crippen LogP contribution is -2.57. The zero-order valence-corrected chi connectivity index (χ0v) is 16.6. The lowest BCUT2D eigenvalue weighted by molar-refractivity contribution is 0.107. The van der Waals surface area contributed by atoms with Gasteiger partial charge in [0, 0.05) is 48.6 Å². The summed E-state index contributed by atoms with van der Waals surface area (Å²) in [5.74, 6) is 3.50. The highest BCUT2D eigenvalue weighted by atomic mass is 32.2. The molecule has 2 N–H and O–H groups in total. The monoisotopic (exact) mass is 366 g/mol. The van der Waals surface area contributed by atoms with Crippen LogP contribution in [0.25, 0.3) is 0 Å². The summed E-state index contributed by atoms with van der Waals surface area (Å²) in [6.45, 7) is 6.53. The molecule has 134 valence electrons. The maximum atomic E-state index is 4.43. The van der Waals surface area contributed by atoms with Crippen LogP contribution in [-0.2, 0) is 6.54 Å². The summed E-state index contributed by atoms with van der Waals surface area (Å²) in [5, 5.41) is 9.27. The van der Waals surface area contributed by atoms with Crippen LogP contribution in [0.1, 0.15) is 36.1 Å². The van der Waals surface area contributed by atoms with Gasteiger partial charge >= 0.3 is 0 Å². The van der Waals surface area contributed by atoms with Gasteiger partial charge in [-0.2, -0.15) is 11.8 Å². The maximum Gasteiger partial charge on any atom is 0.191 e. The van der Waals surface area contributed by atoms with Crippen molar-refractivity contribution in [1.29, 1.82) is 0 Å². The van der Waals surface area contributed by atoms with E-state index >= 15 is 0 Å². The summed E-state index contributed by atoms with van der Waals surface area (Å²) in [6.07, 6.45) is 5.38. The maximum absolute atomic E-state index is 4.43. The average Bonchev–Trinajstić information content (AvgIpc) is 3.26. The van der Waals surface area contributed by atoms with Crippen molar-refractivity contribution in [2.45, 2.75) is 44.7 Å². The van der Waals surface area contributed by atoms with E-state index in [1.54, 1.807) is 0 Å². The molecule has 1 saturated heterocycles. The van der Waals surface area contributed by atoms with E-state index in [1.165, 1.54) is 60.7 Å². The third-order valence-electron chi connectivity index (χ3n) is 5.41. The molecule has 1 saturated carbocycles. The molecule has 1 aliphatic heterocycles. The van der Waals surface area contributed by atoms with Gasteiger partial charge in [-0.3, -0.25) is 9.89 Å². The third kappa shape index (κ3) is 4.27. The number of thioether (sulfide) groups is 1. The predicted molar refractivity (Wildman–Crippen MR) is 107 cm³/mol. The second-order valence-corrected chi connectivity index (χ2v) is 9.06. The number of aryl methyl sites for hydroxylation is 1. The fourth-order valence-electron chi connectivity index (χ4n) is 3.89. The minimum atomic E-state index is 0.345. The van der Waals surface area contributed by atoms with E-state index in [0.29, 0.717) is 5.54 Å². The summed E-state index contributed by atoms with van der Waals surface area (Å²) in [5.41, 5.74) is 1.71. The van der Waals surface area contributed by atoms with Crippen LogP contribution in [0.4, 0.5) is 0 Å². The van der Waals surface area contributed by atoms with E-state index in [2.05, 4.69) is 50.7 Å². The van der Waals surface area contributed by atoms with Crippen molar-refractivity contribution in [2.24, 2.45) is 4.99 Å². The van der Waals surface area contributed by atoms with Crippen LogP contribution in [0.5, 0.6) is 0 Å². The lowest BCUT2D eigenvalue weighted by atomic mass is 9.94. The Kier molecular flexibility index (Phi) is 6.47. The second kappa shape index (κ2) is 8.59. The smallest absolute Gasteiger partial charge is 0.191 e. The number of hydrogen-bond donors (Lipinski definition) is 2. The van der Waals surface area contributed by atoms with Gasteiger partial charge in [0.1, 0.15) is 0 Å². The molecule has 1 aromatic rings. The number of aliphatic imine (C=N–C) groups is 1. The number of nitrogens with one attached hydrogen (secondary N) is 2. The van der Waals surface area contributed by atoms with Gasteiger partial charge in [0.25, 0.3) is 0 Å². The van der Waals surface area contributed by atoms with Crippen molar-refractivity contribution >= 4 is 29.1 Å². The molecule has 24 heavy (non-hydrogen) atoms. The van der Waals surface area contributed by atoms with Crippen LogP contribution < -0.4 is 10.6 Å². The van der Waals surface area contributed by atoms with Crippen molar-refractivity contribution < 1.29 is 0 Å². The fourth-order valence-corrected chi connectivity index (χ4v) is 5.64. The minimum absolute atomic E-state index is 0.345. The Morgan fingerprint density at radius 1 is 1.25 bits per heavy atom. The summed E-state index contributed by atoms with van der Waals surface area (Å²) in [6, 6.07) is 2.18. The Balaban J connectivity index is 1.55. The van der Waals surface area contributed by atoms with Gasteiger partial charge < -0.3 is 10.6 Å². The molecule has 1 aromatic heterocycles. The van der Waals surface area contributed by atoms with E-state index in [-0.39, 0.29) is 0 Å². The highest BCUT2D eigenvalue weighted by Gasteiger charge is 2.39. The summed E-state index contributed by atoms with van der Waals surface area (Å²) in [4.78, 5) is 8.57. The largest absolute Gasteiger partial charge is 0.355 e. The first kappa shape index (κ1) is 18.1. The minimum Gasteiger partial charge on any atom is -0.355 e. The Bertz CT molecular complexity index is 543. The molecule has 0 unspecified atom stereocenters. The van der Waals surface area contributed by atoms with Crippen molar-refractivity contribution in [3.05, 3.63) is 21.9 Å². The molecule has 0 spiro atoms. The van der Waals surface area contributed by atoms with Gasteiger partial charge in [-0.25, -0.2) is 0 Å². The summed E-state index contributed by atoms with van der Waals surface area (Å²) >= 11 is 3.91. The first-order valence-electron chi connectivity index (χ1n) is 9.04. The molecule has 2 fully saturated rings. The number of nitrogens with zero attached hydrogens (tertiary/aromatic N) is 2. The normalized spacial score (nSPS) is 21.8. The van der Waals surface area contributed by atoms with Gasteiger partial charge in [-0.15, -0.1) is 11.3 Å². The van der Waals surface area contributed by atoms with Crippen LogP contribution in [-0.4, -0.2) is 54.6 Å². The predicted octanol–water partition coefficient (Wildman–Crippen LogP) is 3.08. The molecule has 3 rings (SSSR count). The van der Waals surface area contributed by atoms with Crippen molar-refractivity contribution in [3.8, 4) is 0 Å². The van der Waals surface area contributed by atoms with Crippen LogP contribution in [0.3, 0.4) is 0 Å². The highest BCUT2D eigenvalue weighted by Crippen LogP contribution is 2.36. The molecular weight excluding hydrogens is 336 g/mol. The molecule has 1 aliphatic carbocycles. The van der Waals surface area contributed by atoms with E-state index < -0.39 is 0 Å². The fraction of sp³-hybridized carbons (Fsp3) is 0.722. The molecule has 0 amide bonds. The van der Waals surface area contributed by atoms with Gasteiger partial charge in [-0.05, 0) is 36.8 Å². The van der Waals surface area contributed by atoms with Gasteiger partial charge in [-0.1, -0.05) is 12.8 Å². The Morgan fingerprint density at radius 3 is 2.62 bits per heavy atom. The second-order valence-electron chi connectivity index (χ2n) is 6.84. The van der Waals surface area contributed by atoms with E-state index in [9.17, 15) is 0 Å². The highest BCUT2D eigenvalue weighted by molar-refractivity contribution is 7.99. The number of guanidine groups is 1. The first-order chi connectivity index (χ1) is 11.7. The average molecular weight is 367 g/mol. The van der Waals surface area contributed by atoms with E-state index in [0.717, 1.165) is 19.0 Å². The van der Waals surface area contributed by atoms with Crippen LogP contribution in [0, 0.1) is 6.92 Å². The lowest BCUT2D eigenvalue weighted by Gasteiger charge is -2.43. The van der Waals surface area contributed by atoms with Gasteiger partial charge in [0.15, 0.2) is 5.96 Å². The zero-order valence-electron chi connectivity index (χ0n) is 14.9. The quantitative estimate of drug-likeness (QED) is 0.621. The Morgan fingerprint density at radius 2 is 2.00 bits per heavy atom. The molecule has 6 heteroatoms. The van der Waals surface area contributed by atoms with Crippen molar-refractivity contribution in [2.75, 3.05) is 38.2 Å². The van der Waals surface area contributed by atoms with Crippen molar-refractivity contribution in [1.82, 2.24) is 15.5 Å². The molecule has 2 aliphatic rings. The Hall–Kier alpha value is -0.720.